The molecular formula is C13H15N3O3. The monoisotopic (exact) mass is 261 g/mol. The van der Waals surface area contributed by atoms with Gasteiger partial charge in [0.15, 0.2) is 0 Å². The van der Waals surface area contributed by atoms with Crippen molar-refractivity contribution >= 4 is 0 Å². The predicted molar refractivity (Wildman–Crippen MR) is 70.6 cm³/mol. The number of ether oxygens (including phenoxy) is 1. The van der Waals surface area contributed by atoms with Gasteiger partial charge in [0.2, 0.25) is 0 Å². The van der Waals surface area contributed by atoms with E-state index in [1.165, 1.54) is 4.68 Å². The number of benzene rings is 1. The topological polar surface area (TPSA) is 90.4 Å². The first-order valence-electron chi connectivity index (χ1n) is 5.91. The Labute approximate surface area is 110 Å². The lowest BCUT2D eigenvalue weighted by Crippen LogP contribution is -2.23. The van der Waals surface area contributed by atoms with Gasteiger partial charge in [0.25, 0.3) is 5.56 Å². The summed E-state index contributed by atoms with van der Waals surface area (Å²) in [7, 11) is 0. The number of aromatic hydroxyl groups is 1. The zero-order valence-corrected chi connectivity index (χ0v) is 10.5. The molecule has 0 atom stereocenters. The Kier molecular flexibility index (Phi) is 3.82. The van der Waals surface area contributed by atoms with Gasteiger partial charge >= 0.3 is 0 Å². The molecular weight excluding hydrogens is 246 g/mol. The predicted octanol–water partition coefficient (Wildman–Crippen LogP) is 0.795. The van der Waals surface area contributed by atoms with Crippen LogP contribution < -0.4 is 16.0 Å². The van der Waals surface area contributed by atoms with E-state index >= 15 is 0 Å². The summed E-state index contributed by atoms with van der Waals surface area (Å²) < 4.78 is 6.63. The summed E-state index contributed by atoms with van der Waals surface area (Å²) in [5, 5.41) is 13.6. The number of hydrogen-bond donors (Lipinski definition) is 2. The molecule has 0 aliphatic rings. The van der Waals surface area contributed by atoms with Gasteiger partial charge in [0.1, 0.15) is 22.9 Å². The minimum Gasteiger partial charge on any atom is -0.506 e. The SMILES string of the molecule is CCOc1ccccc1-n1nc(CN)c(O)cc1=O. The number of aromatic nitrogens is 2. The van der Waals surface area contributed by atoms with Gasteiger partial charge in [-0.05, 0) is 19.1 Å². The van der Waals surface area contributed by atoms with Crippen LogP contribution in [0.5, 0.6) is 11.5 Å². The van der Waals surface area contributed by atoms with Crippen molar-refractivity contribution in [3.8, 4) is 17.2 Å². The standard InChI is InChI=1S/C13H15N3O3/c1-2-19-12-6-4-3-5-10(12)16-13(18)7-11(17)9(8-14)15-16/h3-7,17H,2,8,14H2,1H3. The van der Waals surface area contributed by atoms with Crippen LogP contribution in [0, 0.1) is 0 Å². The Morgan fingerprint density at radius 1 is 1.42 bits per heavy atom. The first-order valence-corrected chi connectivity index (χ1v) is 5.91. The quantitative estimate of drug-likeness (QED) is 0.849. The number of rotatable bonds is 4. The number of nitrogens with two attached hydrogens (primary N) is 1. The summed E-state index contributed by atoms with van der Waals surface area (Å²) >= 11 is 0. The van der Waals surface area contributed by atoms with E-state index < -0.39 is 5.56 Å². The van der Waals surface area contributed by atoms with Gasteiger partial charge in [-0.25, -0.2) is 0 Å². The molecule has 1 heterocycles. The molecule has 0 radical (unpaired) electrons. The van der Waals surface area contributed by atoms with Crippen molar-refractivity contribution < 1.29 is 9.84 Å². The van der Waals surface area contributed by atoms with E-state index in [1.807, 2.05) is 13.0 Å². The van der Waals surface area contributed by atoms with E-state index in [0.29, 0.717) is 18.0 Å². The molecule has 0 unspecified atom stereocenters. The third kappa shape index (κ3) is 2.58. The fourth-order valence-electron chi connectivity index (χ4n) is 1.71. The van der Waals surface area contributed by atoms with Crippen molar-refractivity contribution in [3.63, 3.8) is 0 Å². The Hall–Kier alpha value is -2.34. The van der Waals surface area contributed by atoms with Gasteiger partial charge in [0, 0.05) is 12.6 Å². The first kappa shape index (κ1) is 13.1. The van der Waals surface area contributed by atoms with Crippen molar-refractivity contribution in [1.82, 2.24) is 9.78 Å². The summed E-state index contributed by atoms with van der Waals surface area (Å²) in [5.41, 5.74) is 5.81. The highest BCUT2D eigenvalue weighted by molar-refractivity contribution is 5.46. The van der Waals surface area contributed by atoms with Crippen LogP contribution in [0.1, 0.15) is 12.6 Å². The van der Waals surface area contributed by atoms with Crippen molar-refractivity contribution in [2.45, 2.75) is 13.5 Å². The molecule has 2 rings (SSSR count). The molecule has 0 fully saturated rings. The average Bonchev–Trinajstić information content (AvgIpc) is 2.40. The molecule has 0 saturated heterocycles. The van der Waals surface area contributed by atoms with Gasteiger partial charge in [-0.3, -0.25) is 4.79 Å². The molecule has 19 heavy (non-hydrogen) atoms. The molecule has 3 N–H and O–H groups in total. The van der Waals surface area contributed by atoms with Crippen molar-refractivity contribution in [1.29, 1.82) is 0 Å². The van der Waals surface area contributed by atoms with E-state index in [4.69, 9.17) is 10.5 Å². The van der Waals surface area contributed by atoms with Crippen molar-refractivity contribution in [2.75, 3.05) is 6.61 Å². The Morgan fingerprint density at radius 3 is 2.84 bits per heavy atom. The van der Waals surface area contributed by atoms with E-state index in [-0.39, 0.29) is 18.0 Å². The fraction of sp³-hybridized carbons (Fsp3) is 0.231. The third-order valence-corrected chi connectivity index (χ3v) is 2.57. The van der Waals surface area contributed by atoms with E-state index in [2.05, 4.69) is 5.10 Å². The number of para-hydroxylation sites is 2. The second-order valence-electron chi connectivity index (χ2n) is 3.83. The molecule has 100 valence electrons. The molecule has 6 nitrogen and oxygen atoms in total. The molecule has 0 aliphatic heterocycles. The van der Waals surface area contributed by atoms with Gasteiger partial charge < -0.3 is 15.6 Å². The highest BCUT2D eigenvalue weighted by Gasteiger charge is 2.11. The lowest BCUT2D eigenvalue weighted by atomic mass is 10.3. The van der Waals surface area contributed by atoms with Gasteiger partial charge in [-0.1, -0.05) is 12.1 Å². The van der Waals surface area contributed by atoms with Gasteiger partial charge in [-0.15, -0.1) is 0 Å². The first-order chi connectivity index (χ1) is 9.17. The molecule has 2 aromatic rings. The Balaban J connectivity index is 2.62. The lowest BCUT2D eigenvalue weighted by molar-refractivity contribution is 0.337. The van der Waals surface area contributed by atoms with Crippen LogP contribution in [0.15, 0.2) is 35.1 Å². The van der Waals surface area contributed by atoms with Crippen LogP contribution in [0.2, 0.25) is 0 Å². The Bertz CT molecular complexity index is 637. The average molecular weight is 261 g/mol. The van der Waals surface area contributed by atoms with Crippen LogP contribution in [0.3, 0.4) is 0 Å². The summed E-state index contributed by atoms with van der Waals surface area (Å²) in [6, 6.07) is 8.15. The molecule has 6 heteroatoms. The van der Waals surface area contributed by atoms with E-state index in [1.54, 1.807) is 18.2 Å². The zero-order chi connectivity index (χ0) is 13.8. The van der Waals surface area contributed by atoms with Crippen molar-refractivity contribution in [2.24, 2.45) is 5.73 Å². The van der Waals surface area contributed by atoms with Crippen molar-refractivity contribution in [3.05, 3.63) is 46.4 Å². The van der Waals surface area contributed by atoms with E-state index in [0.717, 1.165) is 6.07 Å². The van der Waals surface area contributed by atoms with Crippen LogP contribution in [-0.4, -0.2) is 21.5 Å². The summed E-state index contributed by atoms with van der Waals surface area (Å²) in [5.74, 6) is 0.353. The van der Waals surface area contributed by atoms with E-state index in [9.17, 15) is 9.90 Å². The smallest absolute Gasteiger partial charge is 0.275 e. The summed E-state index contributed by atoms with van der Waals surface area (Å²) in [6.07, 6.45) is 0. The molecule has 1 aromatic carbocycles. The second kappa shape index (κ2) is 5.53. The Morgan fingerprint density at radius 2 is 2.16 bits per heavy atom. The minimum absolute atomic E-state index is 0.0446. The van der Waals surface area contributed by atoms with Gasteiger partial charge in [0.05, 0.1) is 6.61 Å². The summed E-state index contributed by atoms with van der Waals surface area (Å²) in [6.45, 7) is 2.38. The van der Waals surface area contributed by atoms with Crippen LogP contribution in [-0.2, 0) is 6.54 Å². The minimum atomic E-state index is -0.443. The maximum atomic E-state index is 11.9. The molecule has 0 saturated carbocycles. The molecule has 0 spiro atoms. The maximum Gasteiger partial charge on any atom is 0.275 e. The lowest BCUT2D eigenvalue weighted by Gasteiger charge is -2.12. The summed E-state index contributed by atoms with van der Waals surface area (Å²) in [4.78, 5) is 11.9. The number of hydrogen-bond acceptors (Lipinski definition) is 5. The zero-order valence-electron chi connectivity index (χ0n) is 10.5. The highest BCUT2D eigenvalue weighted by Crippen LogP contribution is 2.21. The third-order valence-electron chi connectivity index (χ3n) is 2.57. The van der Waals surface area contributed by atoms with Crippen LogP contribution in [0.4, 0.5) is 0 Å². The molecule has 0 bridgehead atoms. The van der Waals surface area contributed by atoms with Crippen LogP contribution >= 0.6 is 0 Å². The maximum absolute atomic E-state index is 11.9. The van der Waals surface area contributed by atoms with Crippen LogP contribution in [0.25, 0.3) is 5.69 Å². The largest absolute Gasteiger partial charge is 0.506 e. The normalized spacial score (nSPS) is 10.4. The van der Waals surface area contributed by atoms with Gasteiger partial charge in [-0.2, -0.15) is 9.78 Å². The molecule has 0 aliphatic carbocycles. The fourth-order valence-corrected chi connectivity index (χ4v) is 1.71. The molecule has 1 aromatic heterocycles. The highest BCUT2D eigenvalue weighted by atomic mass is 16.5. The second-order valence-corrected chi connectivity index (χ2v) is 3.83. The molecule has 0 amide bonds. The number of nitrogens with zero attached hydrogens (tertiary/aromatic N) is 2.